The topological polar surface area (TPSA) is 40.5 Å². The molecule has 4 rings (SSSR count). The van der Waals surface area contributed by atoms with Crippen molar-refractivity contribution in [3.63, 3.8) is 0 Å². The lowest BCUT2D eigenvalue weighted by molar-refractivity contribution is 0.174. The van der Waals surface area contributed by atoms with Gasteiger partial charge in [0.05, 0.1) is 15.8 Å². The Hall–Kier alpha value is -2.34. The number of nitrogens with zero attached hydrogens (tertiary/aromatic N) is 1. The fraction of sp³-hybridized carbons (Fsp3) is 0.0714. The van der Waals surface area contributed by atoms with Gasteiger partial charge in [0.15, 0.2) is 11.5 Å². The second-order valence-corrected chi connectivity index (χ2v) is 5.36. The second kappa shape index (κ2) is 4.08. The van der Waals surface area contributed by atoms with Crippen LogP contribution in [-0.4, -0.2) is 10.7 Å². The molecule has 3 aromatic rings. The van der Waals surface area contributed by atoms with E-state index >= 15 is 0 Å². The summed E-state index contributed by atoms with van der Waals surface area (Å²) in [4.78, 5) is 12.3. The van der Waals surface area contributed by atoms with Crippen molar-refractivity contribution in [2.75, 3.05) is 6.79 Å². The molecule has 0 unspecified atom stereocenters. The van der Waals surface area contributed by atoms with Crippen molar-refractivity contribution in [2.45, 2.75) is 0 Å². The Bertz CT molecular complexity index is 884. The molecule has 0 fully saturated rings. The zero-order valence-electron chi connectivity index (χ0n) is 10.1. The lowest BCUT2D eigenvalue weighted by atomic mass is 10.2. The van der Waals surface area contributed by atoms with E-state index in [4.69, 9.17) is 9.47 Å². The van der Waals surface area contributed by atoms with E-state index in [0.717, 1.165) is 4.70 Å². The second-order valence-electron chi connectivity index (χ2n) is 4.37. The monoisotopic (exact) mass is 289 g/mol. The summed E-state index contributed by atoms with van der Waals surface area (Å²) in [5.41, 5.74) is 0.448. The first-order valence-electron chi connectivity index (χ1n) is 5.94. The van der Waals surface area contributed by atoms with Crippen molar-refractivity contribution in [3.8, 4) is 17.2 Å². The third kappa shape index (κ3) is 1.61. The minimum atomic E-state index is -0.412. The molecule has 0 N–H and O–H groups in total. The first-order valence-corrected chi connectivity index (χ1v) is 6.71. The van der Waals surface area contributed by atoms with Crippen LogP contribution >= 0.6 is 11.5 Å². The molecule has 1 aliphatic rings. The summed E-state index contributed by atoms with van der Waals surface area (Å²) >= 11 is 1.27. The molecule has 1 aromatic heterocycles. The van der Waals surface area contributed by atoms with Gasteiger partial charge in [-0.2, -0.15) is 0 Å². The summed E-state index contributed by atoms with van der Waals surface area (Å²) in [6.07, 6.45) is 0. The van der Waals surface area contributed by atoms with Gasteiger partial charge in [0.1, 0.15) is 5.82 Å². The molecule has 0 saturated heterocycles. The maximum atomic E-state index is 13.2. The van der Waals surface area contributed by atoms with Crippen LogP contribution in [0.25, 0.3) is 15.8 Å². The third-order valence-electron chi connectivity index (χ3n) is 3.14. The molecular weight excluding hydrogens is 281 g/mol. The first-order chi connectivity index (χ1) is 9.72. The maximum absolute atomic E-state index is 13.2. The minimum Gasteiger partial charge on any atom is -0.454 e. The predicted molar refractivity (Wildman–Crippen MR) is 73.5 cm³/mol. The SMILES string of the molecule is O=c1c2cc(F)ccc2sn1-c1ccc2c(c1)OCO2. The Morgan fingerprint density at radius 3 is 2.85 bits per heavy atom. The van der Waals surface area contributed by atoms with Crippen LogP contribution in [0, 0.1) is 5.82 Å². The molecule has 4 nitrogen and oxygen atoms in total. The zero-order chi connectivity index (χ0) is 13.7. The van der Waals surface area contributed by atoms with E-state index < -0.39 is 5.82 Å². The van der Waals surface area contributed by atoms with Crippen molar-refractivity contribution in [3.05, 3.63) is 52.6 Å². The third-order valence-corrected chi connectivity index (χ3v) is 4.25. The van der Waals surface area contributed by atoms with Crippen molar-refractivity contribution in [1.29, 1.82) is 0 Å². The number of fused-ring (bicyclic) bond motifs is 2. The van der Waals surface area contributed by atoms with E-state index in [0.29, 0.717) is 22.6 Å². The smallest absolute Gasteiger partial charge is 0.273 e. The Kier molecular flexibility index (Phi) is 2.34. The van der Waals surface area contributed by atoms with Crippen LogP contribution in [0.1, 0.15) is 0 Å². The van der Waals surface area contributed by atoms with E-state index in [1.807, 2.05) is 0 Å². The molecule has 0 spiro atoms. The molecule has 2 heterocycles. The molecule has 0 radical (unpaired) electrons. The highest BCUT2D eigenvalue weighted by Crippen LogP contribution is 2.34. The fourth-order valence-corrected chi connectivity index (χ4v) is 3.15. The summed E-state index contributed by atoms with van der Waals surface area (Å²) in [5, 5.41) is 0.382. The van der Waals surface area contributed by atoms with Crippen LogP contribution in [0.5, 0.6) is 11.5 Å². The highest BCUT2D eigenvalue weighted by Gasteiger charge is 2.16. The Balaban J connectivity index is 1.94. The van der Waals surface area contributed by atoms with Crippen molar-refractivity contribution < 1.29 is 13.9 Å². The van der Waals surface area contributed by atoms with Crippen LogP contribution < -0.4 is 15.0 Å². The number of ether oxygens (including phenoxy) is 2. The van der Waals surface area contributed by atoms with E-state index in [2.05, 4.69) is 0 Å². The lowest BCUT2D eigenvalue weighted by Gasteiger charge is -2.01. The zero-order valence-corrected chi connectivity index (χ0v) is 10.9. The summed E-state index contributed by atoms with van der Waals surface area (Å²) < 4.78 is 26.0. The molecule has 0 atom stereocenters. The minimum absolute atomic E-state index is 0.186. The first kappa shape index (κ1) is 11.5. The average Bonchev–Trinajstić information content (AvgIpc) is 3.03. The van der Waals surface area contributed by atoms with Gasteiger partial charge in [-0.1, -0.05) is 11.5 Å². The van der Waals surface area contributed by atoms with Gasteiger partial charge in [0.2, 0.25) is 6.79 Å². The number of hydrogen-bond donors (Lipinski definition) is 0. The van der Waals surface area contributed by atoms with Gasteiger partial charge in [0.25, 0.3) is 5.56 Å². The predicted octanol–water partition coefficient (Wildman–Crippen LogP) is 2.92. The molecule has 20 heavy (non-hydrogen) atoms. The van der Waals surface area contributed by atoms with Crippen molar-refractivity contribution in [2.24, 2.45) is 0 Å². The average molecular weight is 289 g/mol. The molecular formula is C14H8FNO3S. The van der Waals surface area contributed by atoms with Gasteiger partial charge in [-0.3, -0.25) is 4.79 Å². The summed E-state index contributed by atoms with van der Waals surface area (Å²) in [6, 6.07) is 9.51. The Morgan fingerprint density at radius 2 is 1.95 bits per heavy atom. The molecule has 6 heteroatoms. The number of halogens is 1. The normalized spacial score (nSPS) is 13.1. The van der Waals surface area contributed by atoms with Crippen LogP contribution in [0.15, 0.2) is 41.2 Å². The number of rotatable bonds is 1. The van der Waals surface area contributed by atoms with E-state index in [9.17, 15) is 9.18 Å². The largest absolute Gasteiger partial charge is 0.454 e. The molecule has 0 amide bonds. The van der Waals surface area contributed by atoms with Crippen molar-refractivity contribution >= 4 is 21.6 Å². The van der Waals surface area contributed by atoms with E-state index in [1.54, 1.807) is 24.3 Å². The molecule has 0 bridgehead atoms. The number of benzene rings is 2. The molecule has 0 aliphatic carbocycles. The highest BCUT2D eigenvalue weighted by atomic mass is 32.1. The standard InChI is InChI=1S/C14H8FNO3S/c15-8-1-4-13-10(5-8)14(17)16(20-13)9-2-3-11-12(6-9)19-7-18-11/h1-6H,7H2. The highest BCUT2D eigenvalue weighted by molar-refractivity contribution is 7.14. The summed E-state index contributed by atoms with van der Waals surface area (Å²) in [5.74, 6) is 0.859. The lowest BCUT2D eigenvalue weighted by Crippen LogP contribution is -2.10. The molecule has 2 aromatic carbocycles. The molecule has 1 aliphatic heterocycles. The van der Waals surface area contributed by atoms with Gasteiger partial charge >= 0.3 is 0 Å². The molecule has 0 saturated carbocycles. The number of hydrogen-bond acceptors (Lipinski definition) is 4. The maximum Gasteiger partial charge on any atom is 0.273 e. The van der Waals surface area contributed by atoms with Crippen LogP contribution in [-0.2, 0) is 0 Å². The van der Waals surface area contributed by atoms with Gasteiger partial charge < -0.3 is 9.47 Å². The van der Waals surface area contributed by atoms with E-state index in [1.165, 1.54) is 27.6 Å². The fourth-order valence-electron chi connectivity index (χ4n) is 2.18. The van der Waals surface area contributed by atoms with Gasteiger partial charge in [0, 0.05) is 6.07 Å². The quantitative estimate of drug-likeness (QED) is 0.691. The summed E-state index contributed by atoms with van der Waals surface area (Å²) in [6.45, 7) is 0.186. The number of aromatic nitrogens is 1. The van der Waals surface area contributed by atoms with Gasteiger partial charge in [-0.15, -0.1) is 0 Å². The van der Waals surface area contributed by atoms with Crippen LogP contribution in [0.4, 0.5) is 4.39 Å². The summed E-state index contributed by atoms with van der Waals surface area (Å²) in [7, 11) is 0. The molecule has 100 valence electrons. The van der Waals surface area contributed by atoms with Gasteiger partial charge in [-0.05, 0) is 30.3 Å². The Labute approximate surface area is 116 Å². The van der Waals surface area contributed by atoms with Crippen LogP contribution in [0.2, 0.25) is 0 Å². The Morgan fingerprint density at radius 1 is 1.10 bits per heavy atom. The van der Waals surface area contributed by atoms with Crippen LogP contribution in [0.3, 0.4) is 0 Å². The van der Waals surface area contributed by atoms with Gasteiger partial charge in [-0.25, -0.2) is 8.35 Å². The van der Waals surface area contributed by atoms with E-state index in [-0.39, 0.29) is 12.4 Å². The van der Waals surface area contributed by atoms with Crippen molar-refractivity contribution in [1.82, 2.24) is 3.96 Å².